The van der Waals surface area contributed by atoms with Gasteiger partial charge in [0.15, 0.2) is 0 Å². The fourth-order valence-corrected chi connectivity index (χ4v) is 8.20. The van der Waals surface area contributed by atoms with Gasteiger partial charge in [0.25, 0.3) is 5.24 Å². The zero-order valence-electron chi connectivity index (χ0n) is 18.2. The largest absolute Gasteiger partial charge is 0.508 e. The quantitative estimate of drug-likeness (QED) is 0.657. The summed E-state index contributed by atoms with van der Waals surface area (Å²) in [6.45, 7) is 1.96. The van der Waals surface area contributed by atoms with Crippen LogP contribution < -0.4 is 5.32 Å². The standard InChI is InChI=1S/C26H28N2O3S/c1-14(23-24(30)28-25(31)32-23)19-2-4-21(27-13-19)18-3-5-22(29)20(9-18)26-10-15-6-16(11-26)8-17(7-15)12-26/h2-5,9,13-17,23,29H,6-8,10-12H2,1H3,(H,28,30,31). The summed E-state index contributed by atoms with van der Waals surface area (Å²) in [5, 5.41) is 12.5. The molecular formula is C26H28N2O3S. The molecule has 2 N–H and O–H groups in total. The first kappa shape index (κ1) is 20.3. The molecule has 2 heterocycles. The lowest BCUT2D eigenvalue weighted by Gasteiger charge is -2.57. The monoisotopic (exact) mass is 448 g/mol. The molecule has 1 aromatic carbocycles. The van der Waals surface area contributed by atoms with E-state index in [1.807, 2.05) is 37.4 Å². The molecule has 1 aliphatic heterocycles. The molecule has 1 aromatic heterocycles. The van der Waals surface area contributed by atoms with Crippen molar-refractivity contribution < 1.29 is 14.7 Å². The summed E-state index contributed by atoms with van der Waals surface area (Å²) in [5.41, 5.74) is 4.08. The van der Waals surface area contributed by atoms with Crippen LogP contribution in [0, 0.1) is 17.8 Å². The highest BCUT2D eigenvalue weighted by atomic mass is 32.2. The number of phenols is 1. The normalized spacial score (nSPS) is 34.0. The topological polar surface area (TPSA) is 79.3 Å². The van der Waals surface area contributed by atoms with Crippen molar-refractivity contribution in [3.63, 3.8) is 0 Å². The van der Waals surface area contributed by atoms with Crippen LogP contribution in [0.1, 0.15) is 62.5 Å². The van der Waals surface area contributed by atoms with Crippen molar-refractivity contribution in [3.8, 4) is 17.0 Å². The third kappa shape index (κ3) is 3.26. The lowest BCUT2D eigenvalue weighted by molar-refractivity contribution is -0.119. The molecule has 1 saturated heterocycles. The lowest BCUT2D eigenvalue weighted by atomic mass is 9.48. The first-order valence-electron chi connectivity index (χ1n) is 11.7. The maximum atomic E-state index is 12.0. The average Bonchev–Trinajstić information content (AvgIpc) is 3.10. The van der Waals surface area contributed by atoms with E-state index >= 15 is 0 Å². The summed E-state index contributed by atoms with van der Waals surface area (Å²) in [7, 11) is 0. The average molecular weight is 449 g/mol. The van der Waals surface area contributed by atoms with Crippen molar-refractivity contribution in [2.75, 3.05) is 0 Å². The summed E-state index contributed by atoms with van der Waals surface area (Å²) in [6, 6.07) is 9.95. The summed E-state index contributed by atoms with van der Waals surface area (Å²) in [6.07, 6.45) is 9.57. The summed E-state index contributed by atoms with van der Waals surface area (Å²) in [4.78, 5) is 28.2. The van der Waals surface area contributed by atoms with Crippen LogP contribution in [0.4, 0.5) is 4.79 Å². The number of nitrogens with one attached hydrogen (secondary N) is 1. The maximum absolute atomic E-state index is 12.0. The molecule has 7 rings (SSSR count). The molecule has 0 radical (unpaired) electrons. The number of benzene rings is 1. The lowest BCUT2D eigenvalue weighted by Crippen LogP contribution is -2.48. The van der Waals surface area contributed by atoms with Crippen molar-refractivity contribution >= 4 is 22.9 Å². The Morgan fingerprint density at radius 1 is 1.06 bits per heavy atom. The molecule has 4 aliphatic carbocycles. The number of aromatic hydroxyl groups is 1. The fourth-order valence-electron chi connectivity index (χ4n) is 7.28. The molecular weight excluding hydrogens is 420 g/mol. The van der Waals surface area contributed by atoms with Crippen LogP contribution >= 0.6 is 11.8 Å². The van der Waals surface area contributed by atoms with Crippen LogP contribution in [-0.4, -0.2) is 26.5 Å². The third-order valence-corrected chi connectivity index (χ3v) is 9.58. The molecule has 6 heteroatoms. The van der Waals surface area contributed by atoms with Gasteiger partial charge in [-0.2, -0.15) is 0 Å². The minimum absolute atomic E-state index is 0.101. The first-order chi connectivity index (χ1) is 15.4. The van der Waals surface area contributed by atoms with E-state index in [-0.39, 0.29) is 22.5 Å². The van der Waals surface area contributed by atoms with Crippen molar-refractivity contribution in [1.82, 2.24) is 10.3 Å². The second-order valence-corrected chi connectivity index (χ2v) is 11.6. The zero-order chi connectivity index (χ0) is 22.0. The molecule has 2 unspecified atom stereocenters. The zero-order valence-corrected chi connectivity index (χ0v) is 19.0. The molecule has 32 heavy (non-hydrogen) atoms. The first-order valence-corrected chi connectivity index (χ1v) is 12.6. The molecule has 5 fully saturated rings. The maximum Gasteiger partial charge on any atom is 0.286 e. The number of rotatable bonds is 4. The second-order valence-electron chi connectivity index (χ2n) is 10.5. The fraction of sp³-hybridized carbons (Fsp3) is 0.500. The molecule has 4 saturated carbocycles. The molecule has 2 atom stereocenters. The summed E-state index contributed by atoms with van der Waals surface area (Å²) < 4.78 is 0. The van der Waals surface area contributed by atoms with Crippen LogP contribution in [0.5, 0.6) is 5.75 Å². The smallest absolute Gasteiger partial charge is 0.286 e. The number of phenolic OH excluding ortho intramolecular Hbond substituents is 1. The number of imide groups is 1. The van der Waals surface area contributed by atoms with Gasteiger partial charge >= 0.3 is 0 Å². The van der Waals surface area contributed by atoms with Gasteiger partial charge in [-0.3, -0.25) is 19.9 Å². The van der Waals surface area contributed by atoms with Gasteiger partial charge < -0.3 is 5.11 Å². The number of carbonyl (C=O) groups is 2. The van der Waals surface area contributed by atoms with Crippen LogP contribution in [-0.2, 0) is 10.2 Å². The number of aromatic nitrogens is 1. The van der Waals surface area contributed by atoms with E-state index in [2.05, 4.69) is 11.4 Å². The second kappa shape index (κ2) is 7.34. The Balaban J connectivity index is 1.28. The number of nitrogens with zero attached hydrogens (tertiary/aromatic N) is 1. The van der Waals surface area contributed by atoms with E-state index < -0.39 is 5.25 Å². The number of hydrogen-bond acceptors (Lipinski definition) is 5. The molecule has 5 nitrogen and oxygen atoms in total. The number of pyridine rings is 1. The number of thioether (sulfide) groups is 1. The Bertz CT molecular complexity index is 1060. The van der Waals surface area contributed by atoms with E-state index in [9.17, 15) is 14.7 Å². The Morgan fingerprint density at radius 3 is 2.31 bits per heavy atom. The van der Waals surface area contributed by atoms with Gasteiger partial charge in [0.1, 0.15) is 5.75 Å². The summed E-state index contributed by atoms with van der Waals surface area (Å²) in [5.74, 6) is 2.56. The Labute approximate surface area is 192 Å². The van der Waals surface area contributed by atoms with Gasteiger partial charge in [0.05, 0.1) is 10.9 Å². The predicted molar refractivity (Wildman–Crippen MR) is 125 cm³/mol. The van der Waals surface area contributed by atoms with E-state index in [1.54, 1.807) is 0 Å². The predicted octanol–water partition coefficient (Wildman–Crippen LogP) is 5.38. The minimum Gasteiger partial charge on any atom is -0.508 e. The molecule has 2 aromatic rings. The minimum atomic E-state index is -0.411. The van der Waals surface area contributed by atoms with Gasteiger partial charge in [0, 0.05) is 23.2 Å². The molecule has 166 valence electrons. The van der Waals surface area contributed by atoms with Crippen LogP contribution in [0.15, 0.2) is 36.5 Å². The number of hydrogen-bond donors (Lipinski definition) is 2. The van der Waals surface area contributed by atoms with Gasteiger partial charge in [-0.15, -0.1) is 0 Å². The Kier molecular flexibility index (Phi) is 4.65. The van der Waals surface area contributed by atoms with Crippen LogP contribution in [0.3, 0.4) is 0 Å². The third-order valence-electron chi connectivity index (χ3n) is 8.39. The molecule has 5 aliphatic rings. The SMILES string of the molecule is CC(c1ccc(-c2ccc(O)c(C34CC5CC(CC(C5)C3)C4)c2)nc1)C1SC(=O)NC1=O. The molecule has 0 spiro atoms. The van der Waals surface area contributed by atoms with Gasteiger partial charge in [-0.05, 0) is 91.5 Å². The van der Waals surface area contributed by atoms with E-state index in [1.165, 1.54) is 38.5 Å². The number of carbonyl (C=O) groups excluding carboxylic acids is 2. The molecule has 2 amide bonds. The van der Waals surface area contributed by atoms with Crippen molar-refractivity contribution in [2.24, 2.45) is 17.8 Å². The van der Waals surface area contributed by atoms with E-state index in [0.717, 1.165) is 51.9 Å². The summed E-state index contributed by atoms with van der Waals surface area (Å²) >= 11 is 1.05. The highest BCUT2D eigenvalue weighted by Crippen LogP contribution is 2.62. The molecule has 4 bridgehead atoms. The van der Waals surface area contributed by atoms with Gasteiger partial charge in [-0.25, -0.2) is 0 Å². The number of amides is 2. The van der Waals surface area contributed by atoms with Gasteiger partial charge in [-0.1, -0.05) is 24.8 Å². The van der Waals surface area contributed by atoms with Crippen LogP contribution in [0.25, 0.3) is 11.3 Å². The Hall–Kier alpha value is -2.34. The Morgan fingerprint density at radius 2 is 1.75 bits per heavy atom. The van der Waals surface area contributed by atoms with Crippen molar-refractivity contribution in [1.29, 1.82) is 0 Å². The van der Waals surface area contributed by atoms with Crippen molar-refractivity contribution in [2.45, 2.75) is 62.0 Å². The highest BCUT2D eigenvalue weighted by Gasteiger charge is 2.52. The van der Waals surface area contributed by atoms with Gasteiger partial charge in [0.2, 0.25) is 5.91 Å². The van der Waals surface area contributed by atoms with Crippen LogP contribution in [0.2, 0.25) is 0 Å². The van der Waals surface area contributed by atoms with E-state index in [4.69, 9.17) is 4.98 Å². The van der Waals surface area contributed by atoms with E-state index in [0.29, 0.717) is 5.75 Å². The highest BCUT2D eigenvalue weighted by molar-refractivity contribution is 8.15. The van der Waals surface area contributed by atoms with Crippen molar-refractivity contribution in [3.05, 3.63) is 47.7 Å².